The Balaban J connectivity index is 1.67. The van der Waals surface area contributed by atoms with E-state index in [0.29, 0.717) is 23.6 Å². The fourth-order valence-corrected chi connectivity index (χ4v) is 3.42. The van der Waals surface area contributed by atoms with Crippen LogP contribution < -0.4 is 10.6 Å². The molecular weight excluding hydrogens is 404 g/mol. The highest BCUT2D eigenvalue weighted by atomic mass is 35.5. The lowest BCUT2D eigenvalue weighted by Crippen LogP contribution is -2.35. The zero-order valence-corrected chi connectivity index (χ0v) is 17.5. The van der Waals surface area contributed by atoms with Crippen LogP contribution in [0.2, 0.25) is 5.02 Å². The van der Waals surface area contributed by atoms with Crippen LogP contribution in [0.3, 0.4) is 0 Å². The average molecular weight is 425 g/mol. The summed E-state index contributed by atoms with van der Waals surface area (Å²) in [6, 6.07) is 18.5. The van der Waals surface area contributed by atoms with Crippen molar-refractivity contribution in [3.63, 3.8) is 0 Å². The first-order valence-electron chi connectivity index (χ1n) is 9.17. The molecule has 29 heavy (non-hydrogen) atoms. The summed E-state index contributed by atoms with van der Waals surface area (Å²) < 4.78 is 0. The normalized spacial score (nSPS) is 11.2. The molecule has 0 saturated heterocycles. The largest absolute Gasteiger partial charge is 0.350 e. The van der Waals surface area contributed by atoms with Gasteiger partial charge in [0, 0.05) is 22.0 Å². The molecule has 1 aromatic heterocycles. The van der Waals surface area contributed by atoms with Crippen molar-refractivity contribution in [2.45, 2.75) is 13.3 Å². The molecule has 1 heterocycles. The summed E-state index contributed by atoms with van der Waals surface area (Å²) >= 11 is 7.39. The number of carbonyl (C=O) groups is 2. The lowest BCUT2D eigenvalue weighted by molar-refractivity contribution is -0.117. The maximum atomic E-state index is 12.7. The molecule has 0 aliphatic rings. The molecule has 0 radical (unpaired) electrons. The van der Waals surface area contributed by atoms with E-state index in [1.807, 2.05) is 60.8 Å². The van der Waals surface area contributed by atoms with Crippen LogP contribution in [0.15, 0.2) is 71.7 Å². The van der Waals surface area contributed by atoms with Crippen LogP contribution in [-0.2, 0) is 11.2 Å². The molecule has 0 unspecified atom stereocenters. The second-order valence-corrected chi connectivity index (χ2v) is 7.94. The molecule has 3 rings (SSSR count). The molecule has 3 aromatic rings. The number of nitrogens with one attached hydrogen (secondary N) is 2. The van der Waals surface area contributed by atoms with E-state index in [2.05, 4.69) is 10.6 Å². The predicted octanol–water partition coefficient (Wildman–Crippen LogP) is 4.84. The van der Waals surface area contributed by atoms with Crippen LogP contribution in [0.4, 0.5) is 0 Å². The molecule has 0 aliphatic carbocycles. The highest BCUT2D eigenvalue weighted by Crippen LogP contribution is 2.14. The van der Waals surface area contributed by atoms with Crippen molar-refractivity contribution in [1.29, 1.82) is 0 Å². The minimum Gasteiger partial charge on any atom is -0.350 e. The smallest absolute Gasteiger partial charge is 0.267 e. The van der Waals surface area contributed by atoms with Gasteiger partial charge in [0.25, 0.3) is 11.8 Å². The number of hydrogen-bond donors (Lipinski definition) is 2. The van der Waals surface area contributed by atoms with E-state index in [0.717, 1.165) is 16.0 Å². The van der Waals surface area contributed by atoms with Crippen LogP contribution in [0.5, 0.6) is 0 Å². The van der Waals surface area contributed by atoms with Crippen molar-refractivity contribution in [3.8, 4) is 0 Å². The van der Waals surface area contributed by atoms with Gasteiger partial charge in [-0.05, 0) is 60.7 Å². The van der Waals surface area contributed by atoms with E-state index < -0.39 is 0 Å². The number of carbonyl (C=O) groups excluding carboxylic acids is 2. The van der Waals surface area contributed by atoms with E-state index in [1.54, 1.807) is 18.2 Å². The molecule has 0 spiro atoms. The zero-order valence-electron chi connectivity index (χ0n) is 15.9. The topological polar surface area (TPSA) is 58.2 Å². The Hall–Kier alpha value is -2.89. The van der Waals surface area contributed by atoms with Crippen molar-refractivity contribution in [1.82, 2.24) is 10.6 Å². The molecular formula is C23H21ClN2O2S. The van der Waals surface area contributed by atoms with E-state index in [4.69, 9.17) is 11.6 Å². The first kappa shape index (κ1) is 20.8. The summed E-state index contributed by atoms with van der Waals surface area (Å²) in [5.74, 6) is -0.645. The van der Waals surface area contributed by atoms with Crippen LogP contribution >= 0.6 is 22.9 Å². The van der Waals surface area contributed by atoms with Crippen molar-refractivity contribution in [3.05, 3.63) is 98.3 Å². The number of amides is 2. The van der Waals surface area contributed by atoms with Gasteiger partial charge < -0.3 is 10.6 Å². The highest BCUT2D eigenvalue weighted by Gasteiger charge is 2.14. The number of thiophene rings is 1. The minimum absolute atomic E-state index is 0.217. The molecule has 0 saturated carbocycles. The van der Waals surface area contributed by atoms with E-state index in [1.165, 1.54) is 11.3 Å². The maximum Gasteiger partial charge on any atom is 0.267 e. The molecule has 2 aromatic carbocycles. The fourth-order valence-electron chi connectivity index (χ4n) is 2.64. The molecule has 0 aliphatic heterocycles. The van der Waals surface area contributed by atoms with Gasteiger partial charge >= 0.3 is 0 Å². The summed E-state index contributed by atoms with van der Waals surface area (Å²) in [6.07, 6.45) is 2.36. The Morgan fingerprint density at radius 1 is 1.03 bits per heavy atom. The maximum absolute atomic E-state index is 12.7. The van der Waals surface area contributed by atoms with Gasteiger partial charge in [-0.3, -0.25) is 9.59 Å². The highest BCUT2D eigenvalue weighted by molar-refractivity contribution is 7.10. The zero-order chi connectivity index (χ0) is 20.6. The Morgan fingerprint density at radius 2 is 1.76 bits per heavy atom. The van der Waals surface area contributed by atoms with E-state index in [9.17, 15) is 9.59 Å². The summed E-state index contributed by atoms with van der Waals surface area (Å²) in [6.45, 7) is 2.40. The average Bonchev–Trinajstić information content (AvgIpc) is 3.22. The first-order valence-corrected chi connectivity index (χ1v) is 10.4. The standard InChI is InChI=1S/C23H21ClN2O2S/c1-16-4-8-18(9-5-16)22(27)26-21(15-20-3-2-14-29-20)23(28)25-13-12-17-6-10-19(24)11-7-17/h2-11,14-15H,12-13H2,1H3,(H,25,28)(H,26,27)/b21-15-. The molecule has 0 bridgehead atoms. The lowest BCUT2D eigenvalue weighted by atomic mass is 10.1. The number of aryl methyl sites for hydroxylation is 1. The van der Waals surface area contributed by atoms with Gasteiger partial charge in [-0.25, -0.2) is 0 Å². The van der Waals surface area contributed by atoms with Crippen molar-refractivity contribution in [2.24, 2.45) is 0 Å². The predicted molar refractivity (Wildman–Crippen MR) is 119 cm³/mol. The Labute approximate surface area is 179 Å². The number of benzene rings is 2. The summed E-state index contributed by atoms with van der Waals surface area (Å²) in [7, 11) is 0. The molecule has 4 nitrogen and oxygen atoms in total. The van der Waals surface area contributed by atoms with Gasteiger partial charge in [0.1, 0.15) is 5.70 Å². The Kier molecular flexibility index (Phi) is 7.22. The molecule has 6 heteroatoms. The molecule has 0 fully saturated rings. The third kappa shape index (κ3) is 6.31. The van der Waals surface area contributed by atoms with Crippen molar-refractivity contribution >= 4 is 40.8 Å². The van der Waals surface area contributed by atoms with Gasteiger partial charge in [0.05, 0.1) is 0 Å². The van der Waals surface area contributed by atoms with Crippen LogP contribution in [0, 0.1) is 6.92 Å². The van der Waals surface area contributed by atoms with Gasteiger partial charge in [-0.2, -0.15) is 0 Å². The van der Waals surface area contributed by atoms with Crippen molar-refractivity contribution < 1.29 is 9.59 Å². The Bertz CT molecular complexity index is 994. The van der Waals surface area contributed by atoms with Gasteiger partial charge in [-0.1, -0.05) is 47.5 Å². The monoisotopic (exact) mass is 424 g/mol. The van der Waals surface area contributed by atoms with Gasteiger partial charge in [0.15, 0.2) is 0 Å². The summed E-state index contributed by atoms with van der Waals surface area (Å²) in [5, 5.41) is 8.22. The fraction of sp³-hybridized carbons (Fsp3) is 0.130. The number of rotatable bonds is 7. The summed E-state index contributed by atoms with van der Waals surface area (Å²) in [5.41, 5.74) is 2.86. The molecule has 2 N–H and O–H groups in total. The quantitative estimate of drug-likeness (QED) is 0.533. The van der Waals surface area contributed by atoms with Gasteiger partial charge in [0.2, 0.25) is 0 Å². The van der Waals surface area contributed by atoms with E-state index >= 15 is 0 Å². The van der Waals surface area contributed by atoms with Crippen molar-refractivity contribution in [2.75, 3.05) is 6.54 Å². The van der Waals surface area contributed by atoms with E-state index in [-0.39, 0.29) is 17.5 Å². The summed E-state index contributed by atoms with van der Waals surface area (Å²) in [4.78, 5) is 26.2. The SMILES string of the molecule is Cc1ccc(C(=O)N/C(=C\c2cccs2)C(=O)NCCc2ccc(Cl)cc2)cc1. The van der Waals surface area contributed by atoms with Crippen LogP contribution in [-0.4, -0.2) is 18.4 Å². The molecule has 0 atom stereocenters. The number of hydrogen-bond acceptors (Lipinski definition) is 3. The minimum atomic E-state index is -0.326. The number of halogens is 1. The third-order valence-electron chi connectivity index (χ3n) is 4.25. The second-order valence-electron chi connectivity index (χ2n) is 6.53. The first-order chi connectivity index (χ1) is 14.0. The molecule has 148 valence electrons. The Morgan fingerprint density at radius 3 is 2.41 bits per heavy atom. The molecule has 2 amide bonds. The second kappa shape index (κ2) is 10.0. The van der Waals surface area contributed by atoms with Crippen LogP contribution in [0.25, 0.3) is 6.08 Å². The van der Waals surface area contributed by atoms with Gasteiger partial charge in [-0.15, -0.1) is 11.3 Å². The lowest BCUT2D eigenvalue weighted by Gasteiger charge is -2.11. The third-order valence-corrected chi connectivity index (χ3v) is 5.32. The van der Waals surface area contributed by atoms with Crippen LogP contribution in [0.1, 0.15) is 26.4 Å².